The van der Waals surface area contributed by atoms with Crippen LogP contribution in [0, 0.1) is 0 Å². The summed E-state index contributed by atoms with van der Waals surface area (Å²) >= 11 is 0. The molecule has 0 aromatic carbocycles. The average molecular weight is 215 g/mol. The average Bonchev–Trinajstić information content (AvgIpc) is 2.35. The minimum atomic E-state index is 0.480. The van der Waals surface area contributed by atoms with Gasteiger partial charge in [-0.3, -0.25) is 4.98 Å². The van der Waals surface area contributed by atoms with Gasteiger partial charge in [-0.2, -0.15) is 0 Å². The molecule has 0 N–H and O–H groups in total. The van der Waals surface area contributed by atoms with Crippen LogP contribution in [0.25, 0.3) is 0 Å². The van der Waals surface area contributed by atoms with Gasteiger partial charge in [-0.15, -0.1) is 0 Å². The highest BCUT2D eigenvalue weighted by Crippen LogP contribution is 2.21. The fourth-order valence-electron chi connectivity index (χ4n) is 1.68. The maximum absolute atomic E-state index is 4.39. The van der Waals surface area contributed by atoms with Crippen molar-refractivity contribution >= 4 is 0 Å². The van der Waals surface area contributed by atoms with Crippen molar-refractivity contribution in [3.8, 4) is 0 Å². The van der Waals surface area contributed by atoms with E-state index in [2.05, 4.69) is 56.1 Å². The molecule has 1 aromatic rings. The Morgan fingerprint density at radius 3 is 2.81 bits per heavy atom. The molecule has 0 bridgehead atoms. The molecule has 0 saturated carbocycles. The van der Waals surface area contributed by atoms with Crippen molar-refractivity contribution in [3.63, 3.8) is 0 Å². The van der Waals surface area contributed by atoms with E-state index in [1.54, 1.807) is 0 Å². The van der Waals surface area contributed by atoms with Crippen molar-refractivity contribution in [1.82, 2.24) is 4.98 Å². The molecule has 1 heterocycles. The molecule has 0 spiro atoms. The lowest BCUT2D eigenvalue weighted by molar-refractivity contribution is 0.732. The highest BCUT2D eigenvalue weighted by Gasteiger charge is 2.07. The zero-order chi connectivity index (χ0) is 11.8. The molecule has 1 rings (SSSR count). The predicted molar refractivity (Wildman–Crippen MR) is 70.5 cm³/mol. The summed E-state index contributed by atoms with van der Waals surface area (Å²) in [5.41, 5.74) is 2.56. The second-order valence-electron chi connectivity index (χ2n) is 4.03. The molecule has 0 saturated heterocycles. The fraction of sp³-hybridized carbons (Fsp3) is 0.400. The lowest BCUT2D eigenvalue weighted by Crippen LogP contribution is -1.97. The minimum absolute atomic E-state index is 0.480. The molecule has 1 atom stereocenters. The van der Waals surface area contributed by atoms with Crippen LogP contribution in [0.5, 0.6) is 0 Å². The third-order valence-electron chi connectivity index (χ3n) is 2.67. The summed E-state index contributed by atoms with van der Waals surface area (Å²) in [5.74, 6) is 0.480. The van der Waals surface area contributed by atoms with Crippen molar-refractivity contribution in [2.75, 3.05) is 0 Å². The van der Waals surface area contributed by atoms with Crippen LogP contribution < -0.4 is 0 Å². The van der Waals surface area contributed by atoms with Gasteiger partial charge in [-0.1, -0.05) is 43.7 Å². The Kier molecular flexibility index (Phi) is 5.55. The molecular formula is C15H21N. The van der Waals surface area contributed by atoms with Gasteiger partial charge in [0.15, 0.2) is 0 Å². The topological polar surface area (TPSA) is 12.9 Å². The summed E-state index contributed by atoms with van der Waals surface area (Å²) in [5, 5.41) is 0. The summed E-state index contributed by atoms with van der Waals surface area (Å²) in [6, 6.07) is 6.11. The molecule has 0 fully saturated rings. The van der Waals surface area contributed by atoms with Gasteiger partial charge in [0.25, 0.3) is 0 Å². The van der Waals surface area contributed by atoms with Gasteiger partial charge in [0, 0.05) is 17.8 Å². The molecule has 0 aliphatic carbocycles. The smallest absolute Gasteiger partial charge is 0.0435 e. The number of hydrogen-bond donors (Lipinski definition) is 0. The first kappa shape index (κ1) is 12.7. The van der Waals surface area contributed by atoms with Crippen LogP contribution in [0.3, 0.4) is 0 Å². The normalized spacial score (nSPS) is 14.3. The monoisotopic (exact) mass is 215 g/mol. The van der Waals surface area contributed by atoms with Crippen LogP contribution in [-0.2, 0) is 0 Å². The Bertz CT molecular complexity index is 349. The van der Waals surface area contributed by atoms with E-state index in [4.69, 9.17) is 0 Å². The Morgan fingerprint density at radius 2 is 2.25 bits per heavy atom. The van der Waals surface area contributed by atoms with Crippen LogP contribution in [-0.4, -0.2) is 4.98 Å². The standard InChI is InChI=1S/C15H21N/c1-4-6-9-14(5-2)12-13(3)15-10-7-8-11-16-15/h5-11,13H,4,12H2,1-3H3/b9-6-,14-5+. The van der Waals surface area contributed by atoms with Gasteiger partial charge in [0.1, 0.15) is 0 Å². The van der Waals surface area contributed by atoms with Gasteiger partial charge < -0.3 is 0 Å². The fourth-order valence-corrected chi connectivity index (χ4v) is 1.68. The van der Waals surface area contributed by atoms with Crippen molar-refractivity contribution < 1.29 is 0 Å². The predicted octanol–water partition coefficient (Wildman–Crippen LogP) is 4.49. The largest absolute Gasteiger partial charge is 0.261 e. The molecular weight excluding hydrogens is 194 g/mol. The summed E-state index contributed by atoms with van der Waals surface area (Å²) in [7, 11) is 0. The summed E-state index contributed by atoms with van der Waals surface area (Å²) in [4.78, 5) is 4.39. The van der Waals surface area contributed by atoms with Gasteiger partial charge in [0.05, 0.1) is 0 Å². The van der Waals surface area contributed by atoms with Crippen molar-refractivity contribution in [2.24, 2.45) is 0 Å². The zero-order valence-electron chi connectivity index (χ0n) is 10.5. The molecule has 86 valence electrons. The van der Waals surface area contributed by atoms with Gasteiger partial charge in [-0.25, -0.2) is 0 Å². The molecule has 0 aliphatic heterocycles. The summed E-state index contributed by atoms with van der Waals surface area (Å²) in [6.45, 7) is 6.48. The highest BCUT2D eigenvalue weighted by atomic mass is 14.7. The molecule has 1 heteroatoms. The highest BCUT2D eigenvalue weighted by molar-refractivity contribution is 5.21. The third-order valence-corrected chi connectivity index (χ3v) is 2.67. The second-order valence-corrected chi connectivity index (χ2v) is 4.03. The third kappa shape index (κ3) is 4.01. The molecule has 16 heavy (non-hydrogen) atoms. The maximum Gasteiger partial charge on any atom is 0.0435 e. The molecule has 0 amide bonds. The van der Waals surface area contributed by atoms with Gasteiger partial charge in [0.2, 0.25) is 0 Å². The lowest BCUT2D eigenvalue weighted by atomic mass is 9.97. The Morgan fingerprint density at radius 1 is 1.44 bits per heavy atom. The zero-order valence-corrected chi connectivity index (χ0v) is 10.5. The molecule has 1 unspecified atom stereocenters. The number of pyridine rings is 1. The molecule has 1 nitrogen and oxygen atoms in total. The van der Waals surface area contributed by atoms with Crippen LogP contribution >= 0.6 is 0 Å². The number of hydrogen-bond acceptors (Lipinski definition) is 1. The van der Waals surface area contributed by atoms with E-state index in [0.717, 1.165) is 12.8 Å². The van der Waals surface area contributed by atoms with Crippen molar-refractivity contribution in [1.29, 1.82) is 0 Å². The number of allylic oxidation sites excluding steroid dienone is 4. The van der Waals surface area contributed by atoms with E-state index in [1.807, 2.05) is 12.3 Å². The summed E-state index contributed by atoms with van der Waals surface area (Å²) < 4.78 is 0. The van der Waals surface area contributed by atoms with E-state index in [9.17, 15) is 0 Å². The second kappa shape index (κ2) is 7.00. The van der Waals surface area contributed by atoms with E-state index in [1.165, 1.54) is 11.3 Å². The van der Waals surface area contributed by atoms with E-state index < -0.39 is 0 Å². The lowest BCUT2D eigenvalue weighted by Gasteiger charge is -2.11. The van der Waals surface area contributed by atoms with Gasteiger partial charge >= 0.3 is 0 Å². The molecule has 0 radical (unpaired) electrons. The van der Waals surface area contributed by atoms with E-state index in [0.29, 0.717) is 5.92 Å². The van der Waals surface area contributed by atoms with Crippen molar-refractivity contribution in [2.45, 2.75) is 39.5 Å². The Labute approximate surface area is 98.9 Å². The number of aromatic nitrogens is 1. The van der Waals surface area contributed by atoms with E-state index >= 15 is 0 Å². The first-order valence-corrected chi connectivity index (χ1v) is 6.00. The first-order valence-electron chi connectivity index (χ1n) is 6.00. The van der Waals surface area contributed by atoms with Crippen LogP contribution in [0.1, 0.15) is 45.2 Å². The maximum atomic E-state index is 4.39. The number of rotatable bonds is 5. The van der Waals surface area contributed by atoms with Crippen LogP contribution in [0.2, 0.25) is 0 Å². The van der Waals surface area contributed by atoms with Crippen LogP contribution in [0.15, 0.2) is 48.2 Å². The number of nitrogens with zero attached hydrogens (tertiary/aromatic N) is 1. The van der Waals surface area contributed by atoms with Crippen LogP contribution in [0.4, 0.5) is 0 Å². The Hall–Kier alpha value is -1.37. The van der Waals surface area contributed by atoms with Crippen molar-refractivity contribution in [3.05, 3.63) is 53.9 Å². The molecule has 1 aromatic heterocycles. The van der Waals surface area contributed by atoms with E-state index in [-0.39, 0.29) is 0 Å². The molecule has 0 aliphatic rings. The SMILES string of the molecule is C/C=C(\C=C/CC)CC(C)c1ccccn1. The quantitative estimate of drug-likeness (QED) is 0.659. The summed E-state index contributed by atoms with van der Waals surface area (Å²) in [6.07, 6.45) is 10.6. The van der Waals surface area contributed by atoms with Gasteiger partial charge in [-0.05, 0) is 31.9 Å². The first-order chi connectivity index (χ1) is 7.77. The minimum Gasteiger partial charge on any atom is -0.261 e. The Balaban J connectivity index is 2.63.